The molecular weight excluding hydrogens is 492 g/mol. The average molecular weight is 529 g/mol. The summed E-state index contributed by atoms with van der Waals surface area (Å²) in [5.74, 6) is -1.19. The second kappa shape index (κ2) is 9.29. The molecule has 3 aliphatic rings. The first-order valence-electron chi connectivity index (χ1n) is 13.4. The number of esters is 1. The zero-order chi connectivity index (χ0) is 28.3. The summed E-state index contributed by atoms with van der Waals surface area (Å²) >= 11 is 0. The molecule has 0 aromatic heterocycles. The summed E-state index contributed by atoms with van der Waals surface area (Å²) in [5.41, 5.74) is 8.79. The molecule has 8 nitrogen and oxygen atoms in total. The number of anilines is 3. The maximum absolute atomic E-state index is 14.3. The largest absolute Gasteiger partial charge is 0.466 e. The molecule has 0 radical (unpaired) electrons. The molecule has 8 heteroatoms. The Morgan fingerprint density at radius 1 is 1.03 bits per heavy atom. The van der Waals surface area contributed by atoms with E-state index in [0.29, 0.717) is 34.6 Å². The average Bonchev–Trinajstić information content (AvgIpc) is 3.11. The van der Waals surface area contributed by atoms with Crippen molar-refractivity contribution >= 4 is 34.7 Å². The van der Waals surface area contributed by atoms with Crippen LogP contribution in [0.15, 0.2) is 71.2 Å². The minimum absolute atomic E-state index is 0.0218. The molecule has 5 rings (SSSR count). The third-order valence-corrected chi connectivity index (χ3v) is 8.29. The van der Waals surface area contributed by atoms with Crippen LogP contribution >= 0.6 is 0 Å². The molecule has 204 valence electrons. The number of methoxy groups -OCH3 is 1. The van der Waals surface area contributed by atoms with Crippen molar-refractivity contribution in [2.75, 3.05) is 41.9 Å². The van der Waals surface area contributed by atoms with Crippen LogP contribution < -0.4 is 20.4 Å². The van der Waals surface area contributed by atoms with E-state index in [9.17, 15) is 14.4 Å². The number of likely N-dealkylation sites (N-methyl/N-ethyl adjacent to an activating group) is 1. The molecule has 1 spiro atoms. The predicted octanol–water partition coefficient (Wildman–Crippen LogP) is 4.25. The van der Waals surface area contributed by atoms with Crippen LogP contribution in [-0.4, -0.2) is 44.9 Å². The lowest BCUT2D eigenvalue weighted by Crippen LogP contribution is -2.55. The van der Waals surface area contributed by atoms with Gasteiger partial charge in [-0.05, 0) is 56.0 Å². The first-order chi connectivity index (χ1) is 18.5. The van der Waals surface area contributed by atoms with Gasteiger partial charge in [-0.1, -0.05) is 32.0 Å². The number of carbonyl (C=O) groups is 3. The Bertz CT molecular complexity index is 1430. The molecule has 0 fully saturated rings. The lowest BCUT2D eigenvalue weighted by molar-refractivity contribution is -0.138. The summed E-state index contributed by atoms with van der Waals surface area (Å²) in [5, 5.41) is 0. The van der Waals surface area contributed by atoms with E-state index in [1.165, 1.54) is 12.0 Å². The second-order valence-electron chi connectivity index (χ2n) is 11.2. The van der Waals surface area contributed by atoms with Crippen molar-refractivity contribution < 1.29 is 19.1 Å². The number of ether oxygens (including phenoxy) is 1. The molecule has 2 aromatic carbocycles. The fourth-order valence-corrected chi connectivity index (χ4v) is 6.58. The quantitative estimate of drug-likeness (QED) is 0.580. The van der Waals surface area contributed by atoms with Crippen molar-refractivity contribution in [1.29, 1.82) is 0 Å². The molecule has 1 aliphatic carbocycles. The van der Waals surface area contributed by atoms with Crippen molar-refractivity contribution in [2.45, 2.75) is 46.0 Å². The zero-order valence-corrected chi connectivity index (χ0v) is 23.5. The summed E-state index contributed by atoms with van der Waals surface area (Å²) < 4.78 is 5.25. The number of hydrogen-bond donors (Lipinski definition) is 1. The SMILES string of the molecule is CCN(CC)c1ccc(N2C(N)=C(C(=O)OC)C3(C(=O)N(C)c4ccccc43)C3=C2CC(C)(C)CC3=O)cc1. The molecule has 0 saturated heterocycles. The van der Waals surface area contributed by atoms with Crippen LogP contribution in [0.25, 0.3) is 0 Å². The van der Waals surface area contributed by atoms with Gasteiger partial charge >= 0.3 is 5.97 Å². The molecule has 0 bridgehead atoms. The maximum atomic E-state index is 14.3. The Kier molecular flexibility index (Phi) is 6.32. The van der Waals surface area contributed by atoms with E-state index in [1.54, 1.807) is 18.0 Å². The molecule has 2 heterocycles. The summed E-state index contributed by atoms with van der Waals surface area (Å²) in [7, 11) is 2.93. The van der Waals surface area contributed by atoms with Crippen LogP contribution in [0.5, 0.6) is 0 Å². The number of Topliss-reactive ketones (excluding diaryl/α,β-unsaturated/α-hetero) is 1. The number of nitrogens with two attached hydrogens (primary N) is 1. The fraction of sp³-hybridized carbons (Fsp3) is 0.387. The Morgan fingerprint density at radius 3 is 2.28 bits per heavy atom. The maximum Gasteiger partial charge on any atom is 0.339 e. The molecule has 1 amide bonds. The summed E-state index contributed by atoms with van der Waals surface area (Å²) in [6.07, 6.45) is 0.748. The van der Waals surface area contributed by atoms with Gasteiger partial charge in [0.15, 0.2) is 5.78 Å². The van der Waals surface area contributed by atoms with Crippen molar-refractivity contribution in [3.8, 4) is 0 Å². The van der Waals surface area contributed by atoms with Gasteiger partial charge in [-0.25, -0.2) is 4.79 Å². The van der Waals surface area contributed by atoms with Gasteiger partial charge in [0, 0.05) is 60.5 Å². The minimum Gasteiger partial charge on any atom is -0.466 e. The third kappa shape index (κ3) is 3.68. The highest BCUT2D eigenvalue weighted by Gasteiger charge is 2.64. The summed E-state index contributed by atoms with van der Waals surface area (Å²) in [6.45, 7) is 10.0. The standard InChI is InChI=1S/C31H36N4O4/c1-7-34(8-2)19-13-15-20(16-14-19)35-23-17-30(3,4)18-24(36)25(23)31(26(27(35)32)28(37)39-6)21-11-9-10-12-22(21)33(5)29(31)38/h9-16H,7-8,17-18,32H2,1-6H3. The van der Waals surface area contributed by atoms with Crippen LogP contribution in [0.3, 0.4) is 0 Å². The Labute approximate surface area is 229 Å². The summed E-state index contributed by atoms with van der Waals surface area (Å²) in [6, 6.07) is 15.2. The Hall–Kier alpha value is -4.07. The number of ketones is 1. The van der Waals surface area contributed by atoms with Gasteiger partial charge in [-0.2, -0.15) is 0 Å². The van der Waals surface area contributed by atoms with Gasteiger partial charge in [-0.15, -0.1) is 0 Å². The fourth-order valence-electron chi connectivity index (χ4n) is 6.58. The van der Waals surface area contributed by atoms with Gasteiger partial charge in [0.25, 0.3) is 0 Å². The van der Waals surface area contributed by atoms with Crippen LogP contribution in [0, 0.1) is 5.41 Å². The number of allylic oxidation sites excluding steroid dienone is 1. The van der Waals surface area contributed by atoms with Crippen LogP contribution in [0.1, 0.15) is 46.1 Å². The molecule has 2 N–H and O–H groups in total. The lowest BCUT2D eigenvalue weighted by atomic mass is 9.60. The van der Waals surface area contributed by atoms with Crippen LogP contribution in [0.4, 0.5) is 17.1 Å². The van der Waals surface area contributed by atoms with Gasteiger partial charge in [-0.3, -0.25) is 14.5 Å². The molecular formula is C31H36N4O4. The Balaban J connectivity index is 1.85. The highest BCUT2D eigenvalue weighted by atomic mass is 16.5. The molecule has 2 aliphatic heterocycles. The minimum atomic E-state index is -1.68. The molecule has 0 saturated carbocycles. The smallest absolute Gasteiger partial charge is 0.339 e. The van der Waals surface area contributed by atoms with E-state index >= 15 is 0 Å². The number of nitrogens with zero attached hydrogens (tertiary/aromatic N) is 3. The van der Waals surface area contributed by atoms with Crippen LogP contribution in [0.2, 0.25) is 0 Å². The van der Waals surface area contributed by atoms with Gasteiger partial charge in [0.05, 0.1) is 7.11 Å². The van der Waals surface area contributed by atoms with Gasteiger partial charge in [0.2, 0.25) is 5.91 Å². The number of amides is 1. The predicted molar refractivity (Wildman–Crippen MR) is 152 cm³/mol. The number of carbonyl (C=O) groups excluding carboxylic acids is 3. The first-order valence-corrected chi connectivity index (χ1v) is 13.4. The van der Waals surface area contributed by atoms with Crippen LogP contribution in [-0.2, 0) is 24.5 Å². The first kappa shape index (κ1) is 26.5. The number of benzene rings is 2. The Morgan fingerprint density at radius 2 is 1.67 bits per heavy atom. The molecule has 39 heavy (non-hydrogen) atoms. The highest BCUT2D eigenvalue weighted by molar-refractivity contribution is 6.24. The topological polar surface area (TPSA) is 96.2 Å². The van der Waals surface area contributed by atoms with E-state index in [0.717, 1.165) is 18.8 Å². The number of fused-ring (bicyclic) bond motifs is 3. The van der Waals surface area contributed by atoms with E-state index in [2.05, 4.69) is 18.7 Å². The van der Waals surface area contributed by atoms with E-state index in [-0.39, 0.29) is 34.9 Å². The molecule has 1 atom stereocenters. The van der Waals surface area contributed by atoms with Crippen molar-refractivity contribution in [3.63, 3.8) is 0 Å². The second-order valence-corrected chi connectivity index (χ2v) is 11.2. The van der Waals surface area contributed by atoms with Crippen molar-refractivity contribution in [3.05, 3.63) is 76.8 Å². The van der Waals surface area contributed by atoms with Gasteiger partial charge < -0.3 is 20.3 Å². The normalized spacial score (nSPS) is 21.9. The van der Waals surface area contributed by atoms with Crippen molar-refractivity contribution in [2.24, 2.45) is 11.1 Å². The van der Waals surface area contributed by atoms with Crippen molar-refractivity contribution in [1.82, 2.24) is 0 Å². The summed E-state index contributed by atoms with van der Waals surface area (Å²) in [4.78, 5) is 47.6. The monoisotopic (exact) mass is 528 g/mol. The van der Waals surface area contributed by atoms with E-state index < -0.39 is 11.4 Å². The number of rotatable bonds is 5. The van der Waals surface area contributed by atoms with Gasteiger partial charge in [0.1, 0.15) is 16.8 Å². The van der Waals surface area contributed by atoms with E-state index in [4.69, 9.17) is 10.5 Å². The van der Waals surface area contributed by atoms with E-state index in [1.807, 2.05) is 56.3 Å². The third-order valence-electron chi connectivity index (χ3n) is 8.29. The molecule has 2 aromatic rings. The molecule has 1 unspecified atom stereocenters. The zero-order valence-electron chi connectivity index (χ0n) is 23.5. The number of hydrogen-bond acceptors (Lipinski definition) is 7. The highest BCUT2D eigenvalue weighted by Crippen LogP contribution is 2.58. The lowest BCUT2D eigenvalue weighted by Gasteiger charge is -2.47. The number of para-hydroxylation sites is 1.